The molecule has 0 bridgehead atoms. The van der Waals surface area contributed by atoms with Crippen molar-refractivity contribution in [3.8, 4) is 22.5 Å². The fraction of sp³-hybridized carbons (Fsp3) is 0.0800. The number of anilines is 2. The summed E-state index contributed by atoms with van der Waals surface area (Å²) < 4.78 is 1.80. The Morgan fingerprint density at radius 2 is 1.74 bits per heavy atom. The van der Waals surface area contributed by atoms with E-state index in [-0.39, 0.29) is 0 Å². The van der Waals surface area contributed by atoms with Crippen molar-refractivity contribution < 1.29 is 0 Å². The fourth-order valence-corrected chi connectivity index (χ4v) is 3.80. The number of hydrogen-bond acceptors (Lipinski definition) is 4. The van der Waals surface area contributed by atoms with Crippen LogP contribution < -0.4 is 5.32 Å². The van der Waals surface area contributed by atoms with Gasteiger partial charge in [0, 0.05) is 23.0 Å². The molecule has 0 saturated heterocycles. The van der Waals surface area contributed by atoms with Crippen LogP contribution in [-0.2, 0) is 0 Å². The van der Waals surface area contributed by atoms with E-state index >= 15 is 0 Å². The predicted octanol–water partition coefficient (Wildman–Crippen LogP) is 6.47. The molecule has 0 atom stereocenters. The maximum absolute atomic E-state index is 6.23. The molecule has 0 aliphatic carbocycles. The molecule has 0 spiro atoms. The second kappa shape index (κ2) is 7.85. The van der Waals surface area contributed by atoms with Crippen LogP contribution in [0.2, 0.25) is 5.15 Å². The van der Waals surface area contributed by atoms with E-state index in [1.54, 1.807) is 16.8 Å². The fourth-order valence-electron chi connectivity index (χ4n) is 3.66. The first kappa shape index (κ1) is 19.3. The van der Waals surface area contributed by atoms with E-state index in [2.05, 4.69) is 53.5 Å². The van der Waals surface area contributed by atoms with E-state index in [0.29, 0.717) is 5.15 Å². The average molecular weight is 426 g/mol. The number of nitrogens with one attached hydrogen (secondary N) is 1. The molecule has 0 amide bonds. The molecule has 6 heteroatoms. The highest BCUT2D eigenvalue weighted by atomic mass is 35.5. The van der Waals surface area contributed by atoms with E-state index in [0.717, 1.165) is 45.2 Å². The summed E-state index contributed by atoms with van der Waals surface area (Å²) in [7, 11) is 0. The molecule has 3 heterocycles. The third kappa shape index (κ3) is 3.76. The number of nitrogens with zero attached hydrogens (tertiary/aromatic N) is 4. The highest BCUT2D eigenvalue weighted by Crippen LogP contribution is 2.34. The smallest absolute Gasteiger partial charge is 0.155 e. The van der Waals surface area contributed by atoms with Gasteiger partial charge in [-0.1, -0.05) is 53.6 Å². The number of rotatable bonds is 4. The molecular formula is C25H20ClN5. The first-order valence-corrected chi connectivity index (χ1v) is 10.4. The van der Waals surface area contributed by atoms with Crippen LogP contribution in [0.1, 0.15) is 11.1 Å². The summed E-state index contributed by atoms with van der Waals surface area (Å²) in [5, 5.41) is 8.35. The Balaban J connectivity index is 1.68. The van der Waals surface area contributed by atoms with Gasteiger partial charge in [0.2, 0.25) is 0 Å². The van der Waals surface area contributed by atoms with Crippen LogP contribution in [0.15, 0.2) is 79.0 Å². The topological polar surface area (TPSA) is 55.1 Å². The van der Waals surface area contributed by atoms with Crippen molar-refractivity contribution in [3.05, 3.63) is 95.3 Å². The summed E-state index contributed by atoms with van der Waals surface area (Å²) in [5.74, 6) is 0.749. The zero-order valence-corrected chi connectivity index (χ0v) is 17.9. The van der Waals surface area contributed by atoms with Gasteiger partial charge in [-0.05, 0) is 55.8 Å². The van der Waals surface area contributed by atoms with Gasteiger partial charge in [-0.15, -0.1) is 0 Å². The number of benzene rings is 2. The largest absolute Gasteiger partial charge is 0.340 e. The zero-order valence-electron chi connectivity index (χ0n) is 17.2. The summed E-state index contributed by atoms with van der Waals surface area (Å²) in [6.45, 7) is 4.14. The Morgan fingerprint density at radius 3 is 2.58 bits per heavy atom. The Kier molecular flexibility index (Phi) is 4.88. The van der Waals surface area contributed by atoms with Gasteiger partial charge in [-0.2, -0.15) is 5.10 Å². The normalized spacial score (nSPS) is 11.1. The second-order valence-corrected chi connectivity index (χ2v) is 7.86. The van der Waals surface area contributed by atoms with Crippen molar-refractivity contribution >= 4 is 28.8 Å². The van der Waals surface area contributed by atoms with Gasteiger partial charge in [0.05, 0.1) is 5.69 Å². The first-order chi connectivity index (χ1) is 15.1. The highest BCUT2D eigenvalue weighted by molar-refractivity contribution is 6.29. The van der Waals surface area contributed by atoms with Crippen LogP contribution in [0, 0.1) is 13.8 Å². The number of aryl methyl sites for hydroxylation is 2. The van der Waals surface area contributed by atoms with E-state index in [1.165, 1.54) is 5.56 Å². The number of imidazole rings is 1. The summed E-state index contributed by atoms with van der Waals surface area (Å²) in [4.78, 5) is 9.38. The van der Waals surface area contributed by atoms with Crippen LogP contribution in [0.25, 0.3) is 28.2 Å². The molecule has 3 aromatic heterocycles. The molecule has 0 radical (unpaired) electrons. The highest BCUT2D eigenvalue weighted by Gasteiger charge is 2.18. The SMILES string of the molecule is Cc1cccc(-c2nc3ccc(Cl)nn3c2-c2ccnc(Nc3ccccc3C)c2)c1. The summed E-state index contributed by atoms with van der Waals surface area (Å²) in [6, 6.07) is 24.0. The first-order valence-electron chi connectivity index (χ1n) is 10.00. The Bertz CT molecular complexity index is 1410. The Morgan fingerprint density at radius 1 is 0.871 bits per heavy atom. The zero-order chi connectivity index (χ0) is 21.4. The lowest BCUT2D eigenvalue weighted by Crippen LogP contribution is -1.98. The molecule has 0 aliphatic rings. The lowest BCUT2D eigenvalue weighted by atomic mass is 10.0. The molecule has 0 saturated carbocycles. The minimum atomic E-state index is 0.411. The summed E-state index contributed by atoms with van der Waals surface area (Å²) in [5.41, 5.74) is 7.78. The third-order valence-electron chi connectivity index (χ3n) is 5.18. The lowest BCUT2D eigenvalue weighted by Gasteiger charge is -2.11. The van der Waals surface area contributed by atoms with Crippen molar-refractivity contribution in [3.63, 3.8) is 0 Å². The Labute approximate surface area is 185 Å². The minimum Gasteiger partial charge on any atom is -0.340 e. The van der Waals surface area contributed by atoms with E-state index < -0.39 is 0 Å². The van der Waals surface area contributed by atoms with Crippen LogP contribution >= 0.6 is 11.6 Å². The van der Waals surface area contributed by atoms with Crippen LogP contribution in [0.3, 0.4) is 0 Å². The molecule has 1 N–H and O–H groups in total. The molecule has 5 aromatic rings. The summed E-state index contributed by atoms with van der Waals surface area (Å²) >= 11 is 6.23. The molecule has 5 nitrogen and oxygen atoms in total. The van der Waals surface area contributed by atoms with Gasteiger partial charge in [-0.3, -0.25) is 0 Å². The van der Waals surface area contributed by atoms with Gasteiger partial charge >= 0.3 is 0 Å². The molecular weight excluding hydrogens is 406 g/mol. The number of hydrogen-bond donors (Lipinski definition) is 1. The maximum atomic E-state index is 6.23. The van der Waals surface area contributed by atoms with Crippen molar-refractivity contribution in [1.29, 1.82) is 0 Å². The lowest BCUT2D eigenvalue weighted by molar-refractivity contribution is 0.943. The number of halogens is 1. The van der Waals surface area contributed by atoms with Gasteiger partial charge in [0.1, 0.15) is 16.7 Å². The molecule has 0 aliphatic heterocycles. The van der Waals surface area contributed by atoms with Crippen LogP contribution in [0.5, 0.6) is 0 Å². The molecule has 152 valence electrons. The number of fused-ring (bicyclic) bond motifs is 1. The van der Waals surface area contributed by atoms with E-state index in [4.69, 9.17) is 16.6 Å². The van der Waals surface area contributed by atoms with Crippen molar-refractivity contribution in [2.45, 2.75) is 13.8 Å². The van der Waals surface area contributed by atoms with E-state index in [1.807, 2.05) is 42.5 Å². The van der Waals surface area contributed by atoms with Crippen molar-refractivity contribution in [2.24, 2.45) is 0 Å². The Hall–Kier alpha value is -3.70. The second-order valence-electron chi connectivity index (χ2n) is 7.47. The number of para-hydroxylation sites is 1. The maximum Gasteiger partial charge on any atom is 0.155 e. The van der Waals surface area contributed by atoms with Crippen molar-refractivity contribution in [2.75, 3.05) is 5.32 Å². The molecule has 31 heavy (non-hydrogen) atoms. The van der Waals surface area contributed by atoms with Crippen LogP contribution in [-0.4, -0.2) is 19.6 Å². The number of pyridine rings is 1. The third-order valence-corrected chi connectivity index (χ3v) is 5.38. The molecule has 2 aromatic carbocycles. The standard InChI is InChI=1S/C25H20ClN5/c1-16-6-5-8-18(14-16)24-25(31-23(29-24)11-10-21(26)30-31)19-12-13-27-22(15-19)28-20-9-4-3-7-17(20)2/h3-15H,1-2H3,(H,27,28). The van der Waals surface area contributed by atoms with Crippen molar-refractivity contribution in [1.82, 2.24) is 19.6 Å². The molecule has 0 fully saturated rings. The minimum absolute atomic E-state index is 0.411. The van der Waals surface area contributed by atoms with Gasteiger partial charge in [-0.25, -0.2) is 14.5 Å². The summed E-state index contributed by atoms with van der Waals surface area (Å²) in [6.07, 6.45) is 1.79. The van der Waals surface area contributed by atoms with Gasteiger partial charge in [0.25, 0.3) is 0 Å². The van der Waals surface area contributed by atoms with Crippen LogP contribution in [0.4, 0.5) is 11.5 Å². The number of aromatic nitrogens is 4. The molecule has 0 unspecified atom stereocenters. The average Bonchev–Trinajstić information content (AvgIpc) is 3.14. The van der Waals surface area contributed by atoms with Gasteiger partial charge in [0.15, 0.2) is 5.65 Å². The predicted molar refractivity (Wildman–Crippen MR) is 126 cm³/mol. The quantitative estimate of drug-likeness (QED) is 0.358. The van der Waals surface area contributed by atoms with E-state index in [9.17, 15) is 0 Å². The van der Waals surface area contributed by atoms with Gasteiger partial charge < -0.3 is 5.32 Å². The monoisotopic (exact) mass is 425 g/mol. The molecule has 5 rings (SSSR count).